The van der Waals surface area contributed by atoms with E-state index in [0.717, 1.165) is 10.6 Å². The number of hydrogen-bond acceptors (Lipinski definition) is 4. The number of carbonyl (C=O) groups is 2. The lowest BCUT2D eigenvalue weighted by Crippen LogP contribution is -2.42. The van der Waals surface area contributed by atoms with Crippen LogP contribution in [0.15, 0.2) is 24.3 Å². The van der Waals surface area contributed by atoms with Crippen molar-refractivity contribution in [2.75, 3.05) is 18.1 Å². The van der Waals surface area contributed by atoms with Crippen LogP contribution in [0.25, 0.3) is 0 Å². The first kappa shape index (κ1) is 18.3. The fourth-order valence-electron chi connectivity index (χ4n) is 1.96. The first-order chi connectivity index (χ1) is 10.1. The largest absolute Gasteiger partial charge is 0.325 e. The van der Waals surface area contributed by atoms with E-state index in [-0.39, 0.29) is 18.4 Å². The molecule has 0 heterocycles. The Bertz CT molecular complexity index is 655. The highest BCUT2D eigenvalue weighted by molar-refractivity contribution is 7.88. The highest BCUT2D eigenvalue weighted by atomic mass is 32.2. The van der Waals surface area contributed by atoms with Gasteiger partial charge >= 0.3 is 0 Å². The van der Waals surface area contributed by atoms with E-state index in [1.54, 1.807) is 31.2 Å². The van der Waals surface area contributed by atoms with Gasteiger partial charge in [-0.15, -0.1) is 0 Å². The topological polar surface area (TPSA) is 83.6 Å². The van der Waals surface area contributed by atoms with Crippen molar-refractivity contribution in [2.24, 2.45) is 0 Å². The van der Waals surface area contributed by atoms with E-state index in [9.17, 15) is 18.0 Å². The second kappa shape index (κ2) is 7.51. The number of anilines is 1. The van der Waals surface area contributed by atoms with Gasteiger partial charge in [0.15, 0.2) is 5.78 Å². The van der Waals surface area contributed by atoms with Crippen LogP contribution < -0.4 is 5.32 Å². The molecule has 122 valence electrons. The van der Waals surface area contributed by atoms with Crippen molar-refractivity contribution in [2.45, 2.75) is 33.2 Å². The third-order valence-electron chi connectivity index (χ3n) is 3.36. The van der Waals surface area contributed by atoms with Crippen molar-refractivity contribution in [3.63, 3.8) is 0 Å². The molecule has 1 unspecified atom stereocenters. The number of ketones is 1. The predicted molar refractivity (Wildman–Crippen MR) is 86.4 cm³/mol. The summed E-state index contributed by atoms with van der Waals surface area (Å²) in [6.07, 6.45) is 1.70. The van der Waals surface area contributed by atoms with Crippen LogP contribution in [0.5, 0.6) is 0 Å². The molecule has 1 aromatic rings. The monoisotopic (exact) mass is 326 g/mol. The minimum atomic E-state index is -3.47. The van der Waals surface area contributed by atoms with E-state index in [1.807, 2.05) is 6.92 Å². The number of amides is 1. The molecule has 0 saturated carbocycles. The normalized spacial score (nSPS) is 13.0. The highest BCUT2D eigenvalue weighted by Crippen LogP contribution is 2.13. The lowest BCUT2D eigenvalue weighted by atomic mass is 10.1. The Hall–Kier alpha value is -1.73. The average Bonchev–Trinajstić information content (AvgIpc) is 2.43. The maximum Gasteiger partial charge on any atom is 0.239 e. The van der Waals surface area contributed by atoms with Crippen LogP contribution in [0.2, 0.25) is 0 Å². The molecular weight excluding hydrogens is 304 g/mol. The zero-order valence-corrected chi connectivity index (χ0v) is 14.1. The lowest BCUT2D eigenvalue weighted by molar-refractivity contribution is -0.116. The highest BCUT2D eigenvalue weighted by Gasteiger charge is 2.24. The SMILES string of the molecule is CCC(C)N(CC(=O)Nc1cccc(C(C)=O)c1)S(C)(=O)=O. The minimum absolute atomic E-state index is 0.103. The summed E-state index contributed by atoms with van der Waals surface area (Å²) in [4.78, 5) is 23.4. The van der Waals surface area contributed by atoms with Crippen molar-refractivity contribution in [3.05, 3.63) is 29.8 Å². The molecule has 0 radical (unpaired) electrons. The van der Waals surface area contributed by atoms with E-state index < -0.39 is 15.9 Å². The molecule has 0 aliphatic carbocycles. The van der Waals surface area contributed by atoms with Gasteiger partial charge in [-0.2, -0.15) is 4.31 Å². The molecule has 0 bridgehead atoms. The Morgan fingerprint density at radius 2 is 1.95 bits per heavy atom. The summed E-state index contributed by atoms with van der Waals surface area (Å²) in [5.41, 5.74) is 0.954. The molecule has 0 aliphatic heterocycles. The number of Topliss-reactive ketones (excluding diaryl/α,β-unsaturated/α-hetero) is 1. The Kier molecular flexibility index (Phi) is 6.25. The smallest absolute Gasteiger partial charge is 0.239 e. The maximum absolute atomic E-state index is 12.1. The molecule has 6 nitrogen and oxygen atoms in total. The van der Waals surface area contributed by atoms with Crippen LogP contribution in [-0.4, -0.2) is 43.3 Å². The molecule has 0 spiro atoms. The predicted octanol–water partition coefficient (Wildman–Crippen LogP) is 1.89. The fraction of sp³-hybridized carbons (Fsp3) is 0.467. The molecular formula is C15H22N2O4S. The van der Waals surface area contributed by atoms with Crippen LogP contribution in [0, 0.1) is 0 Å². The number of benzene rings is 1. The van der Waals surface area contributed by atoms with E-state index in [4.69, 9.17) is 0 Å². The summed E-state index contributed by atoms with van der Waals surface area (Å²) >= 11 is 0. The fourth-order valence-corrected chi connectivity index (χ4v) is 3.12. The van der Waals surface area contributed by atoms with Gasteiger partial charge in [0.1, 0.15) is 0 Å². The van der Waals surface area contributed by atoms with Gasteiger partial charge in [0.25, 0.3) is 0 Å². The number of sulfonamides is 1. The summed E-state index contributed by atoms with van der Waals surface area (Å²) < 4.78 is 24.7. The Balaban J connectivity index is 2.84. The summed E-state index contributed by atoms with van der Waals surface area (Å²) in [7, 11) is -3.47. The van der Waals surface area contributed by atoms with Gasteiger partial charge < -0.3 is 5.32 Å². The quantitative estimate of drug-likeness (QED) is 0.776. The summed E-state index contributed by atoms with van der Waals surface area (Å²) in [6.45, 7) is 4.80. The molecule has 22 heavy (non-hydrogen) atoms. The molecule has 1 N–H and O–H groups in total. The Labute approximate surface area is 131 Å². The maximum atomic E-state index is 12.1. The molecule has 0 aliphatic rings. The van der Waals surface area contributed by atoms with E-state index in [2.05, 4.69) is 5.32 Å². The van der Waals surface area contributed by atoms with Crippen molar-refractivity contribution < 1.29 is 18.0 Å². The van der Waals surface area contributed by atoms with Gasteiger partial charge in [-0.1, -0.05) is 19.1 Å². The van der Waals surface area contributed by atoms with Crippen LogP contribution in [0.4, 0.5) is 5.69 Å². The number of carbonyl (C=O) groups excluding carboxylic acids is 2. The molecule has 1 amide bonds. The van der Waals surface area contributed by atoms with Gasteiger partial charge in [-0.25, -0.2) is 8.42 Å². The van der Waals surface area contributed by atoms with E-state index in [1.165, 1.54) is 6.92 Å². The third kappa shape index (κ3) is 5.23. The summed E-state index contributed by atoms with van der Waals surface area (Å²) in [6, 6.07) is 6.27. The van der Waals surface area contributed by atoms with Crippen LogP contribution in [0.3, 0.4) is 0 Å². The van der Waals surface area contributed by atoms with Crippen molar-refractivity contribution in [1.82, 2.24) is 4.31 Å². The van der Waals surface area contributed by atoms with Crippen molar-refractivity contribution in [3.8, 4) is 0 Å². The number of nitrogens with zero attached hydrogens (tertiary/aromatic N) is 1. The molecule has 0 fully saturated rings. The third-order valence-corrected chi connectivity index (χ3v) is 4.70. The first-order valence-corrected chi connectivity index (χ1v) is 8.87. The van der Waals surface area contributed by atoms with E-state index >= 15 is 0 Å². The minimum Gasteiger partial charge on any atom is -0.325 e. The van der Waals surface area contributed by atoms with Crippen LogP contribution >= 0.6 is 0 Å². The zero-order chi connectivity index (χ0) is 16.9. The van der Waals surface area contributed by atoms with Gasteiger partial charge in [0.05, 0.1) is 12.8 Å². The second-order valence-electron chi connectivity index (χ2n) is 5.25. The number of hydrogen-bond donors (Lipinski definition) is 1. The van der Waals surface area contributed by atoms with Crippen LogP contribution in [-0.2, 0) is 14.8 Å². The van der Waals surface area contributed by atoms with Crippen LogP contribution in [0.1, 0.15) is 37.6 Å². The van der Waals surface area contributed by atoms with Gasteiger partial charge in [0, 0.05) is 17.3 Å². The molecule has 1 atom stereocenters. The van der Waals surface area contributed by atoms with E-state index in [0.29, 0.717) is 17.7 Å². The average molecular weight is 326 g/mol. The summed E-state index contributed by atoms with van der Waals surface area (Å²) in [5, 5.41) is 2.62. The molecule has 7 heteroatoms. The second-order valence-corrected chi connectivity index (χ2v) is 7.19. The number of nitrogens with one attached hydrogen (secondary N) is 1. The summed E-state index contributed by atoms with van der Waals surface area (Å²) in [5.74, 6) is -0.542. The van der Waals surface area contributed by atoms with Crippen molar-refractivity contribution in [1.29, 1.82) is 0 Å². The molecule has 1 rings (SSSR count). The Morgan fingerprint density at radius 1 is 1.32 bits per heavy atom. The molecule has 0 saturated heterocycles. The Morgan fingerprint density at radius 3 is 2.45 bits per heavy atom. The van der Waals surface area contributed by atoms with Gasteiger partial charge in [0.2, 0.25) is 15.9 Å². The van der Waals surface area contributed by atoms with Gasteiger partial charge in [-0.3, -0.25) is 9.59 Å². The molecule has 0 aromatic heterocycles. The first-order valence-electron chi connectivity index (χ1n) is 7.02. The van der Waals surface area contributed by atoms with Crippen molar-refractivity contribution >= 4 is 27.4 Å². The molecule has 1 aromatic carbocycles. The lowest BCUT2D eigenvalue weighted by Gasteiger charge is -2.25. The zero-order valence-electron chi connectivity index (χ0n) is 13.3. The number of rotatable bonds is 7. The standard InChI is InChI=1S/C15H22N2O4S/c1-5-11(2)17(22(4,20)21)10-15(19)16-14-8-6-7-13(9-14)12(3)18/h6-9,11H,5,10H2,1-4H3,(H,16,19). The van der Waals surface area contributed by atoms with Gasteiger partial charge in [-0.05, 0) is 32.4 Å².